The monoisotopic (exact) mass is 715 g/mol. The molecule has 260 valence electrons. The van der Waals surface area contributed by atoms with Crippen molar-refractivity contribution in [1.82, 2.24) is 10.2 Å². The van der Waals surface area contributed by atoms with Crippen LogP contribution in [0, 0.1) is 0 Å². The normalized spacial score (nSPS) is 12.6. The molecule has 4 aromatic carbocycles. The number of hydrogen-bond donors (Lipinski definition) is 1. The molecule has 0 bridgehead atoms. The summed E-state index contributed by atoms with van der Waals surface area (Å²) in [7, 11) is -3.14. The number of ether oxygens (including phenoxy) is 1. The van der Waals surface area contributed by atoms with Gasteiger partial charge in [-0.05, 0) is 74.4 Å². The zero-order valence-corrected chi connectivity index (χ0v) is 28.9. The maximum Gasteiger partial charge on any atom is 0.417 e. The molecule has 0 unspecified atom stereocenters. The molecule has 49 heavy (non-hydrogen) atoms. The fourth-order valence-corrected chi connectivity index (χ4v) is 6.76. The first-order chi connectivity index (χ1) is 23.0. The Kier molecular flexibility index (Phi) is 11.7. The van der Waals surface area contributed by atoms with Crippen molar-refractivity contribution in [2.45, 2.75) is 56.4 Å². The third-order valence-electron chi connectivity index (χ3n) is 7.41. The molecule has 0 spiro atoms. The molecule has 4 rings (SSSR count). The maximum atomic E-state index is 14.6. The number of hydrogen-bond acceptors (Lipinski definition) is 5. The van der Waals surface area contributed by atoms with E-state index in [0.717, 1.165) is 17.7 Å². The lowest BCUT2D eigenvalue weighted by Crippen LogP contribution is -2.56. The van der Waals surface area contributed by atoms with Crippen molar-refractivity contribution in [3.05, 3.63) is 125 Å². The lowest BCUT2D eigenvalue weighted by Gasteiger charge is -2.35. The number of sulfonamides is 1. The van der Waals surface area contributed by atoms with Crippen LogP contribution in [0.25, 0.3) is 0 Å². The van der Waals surface area contributed by atoms with Gasteiger partial charge in [0.2, 0.25) is 11.8 Å². The van der Waals surface area contributed by atoms with Crippen molar-refractivity contribution in [2.24, 2.45) is 0 Å². The summed E-state index contributed by atoms with van der Waals surface area (Å²) in [4.78, 5) is 29.6. The molecule has 1 N–H and O–H groups in total. The number of anilines is 1. The summed E-state index contributed by atoms with van der Waals surface area (Å²) in [6.07, 6.45) is -4.85. The fourth-order valence-electron chi connectivity index (χ4n) is 5.11. The minimum atomic E-state index is -4.91. The van der Waals surface area contributed by atoms with E-state index in [4.69, 9.17) is 16.3 Å². The van der Waals surface area contributed by atoms with E-state index in [2.05, 4.69) is 5.32 Å². The van der Waals surface area contributed by atoms with Crippen LogP contribution in [0.1, 0.15) is 37.5 Å². The predicted molar refractivity (Wildman–Crippen MR) is 183 cm³/mol. The van der Waals surface area contributed by atoms with Crippen molar-refractivity contribution >= 4 is 39.1 Å². The Morgan fingerprint density at radius 1 is 0.857 bits per heavy atom. The number of carbonyl (C=O) groups excluding carboxylic acids is 2. The quantitative estimate of drug-likeness (QED) is 0.169. The van der Waals surface area contributed by atoms with Crippen LogP contribution in [0.15, 0.2) is 108 Å². The number of carbonyl (C=O) groups is 2. The number of halogens is 4. The van der Waals surface area contributed by atoms with E-state index in [1.807, 2.05) is 0 Å². The first-order valence-corrected chi connectivity index (χ1v) is 17.0. The van der Waals surface area contributed by atoms with E-state index in [0.29, 0.717) is 21.7 Å². The minimum Gasteiger partial charge on any atom is -0.497 e. The number of rotatable bonds is 12. The zero-order valence-electron chi connectivity index (χ0n) is 27.4. The molecule has 0 saturated heterocycles. The van der Waals surface area contributed by atoms with Crippen molar-refractivity contribution in [3.63, 3.8) is 0 Å². The first kappa shape index (κ1) is 37.3. The van der Waals surface area contributed by atoms with Crippen molar-refractivity contribution < 1.29 is 35.9 Å². The number of amides is 2. The molecule has 2 amide bonds. The van der Waals surface area contributed by atoms with Crippen molar-refractivity contribution in [3.8, 4) is 5.75 Å². The molecule has 0 aliphatic heterocycles. The van der Waals surface area contributed by atoms with E-state index in [-0.39, 0.29) is 17.9 Å². The Balaban J connectivity index is 1.88. The summed E-state index contributed by atoms with van der Waals surface area (Å²) in [5.41, 5.74) is -1.11. The number of alkyl halides is 3. The van der Waals surface area contributed by atoms with Crippen LogP contribution in [-0.4, -0.2) is 50.4 Å². The molecular weight excluding hydrogens is 679 g/mol. The average Bonchev–Trinajstić information content (AvgIpc) is 3.05. The Morgan fingerprint density at radius 2 is 1.47 bits per heavy atom. The van der Waals surface area contributed by atoms with E-state index >= 15 is 0 Å². The number of nitrogens with zero attached hydrogens (tertiary/aromatic N) is 2. The highest BCUT2D eigenvalue weighted by Crippen LogP contribution is 2.38. The van der Waals surface area contributed by atoms with Crippen LogP contribution >= 0.6 is 11.6 Å². The number of methoxy groups -OCH3 is 1. The summed E-state index contributed by atoms with van der Waals surface area (Å²) in [6, 6.07) is 24.3. The SMILES string of the molecule is COc1cccc(CN(C(=O)CN(c2ccc(Cl)c(C(F)(F)F)c2)S(=O)(=O)c2ccccc2)[C@H](Cc2ccccc2)C(=O)NC(C)(C)C)c1. The van der Waals surface area contributed by atoms with Gasteiger partial charge in [-0.3, -0.25) is 13.9 Å². The van der Waals surface area contributed by atoms with Crippen molar-refractivity contribution in [2.75, 3.05) is 18.0 Å². The van der Waals surface area contributed by atoms with Gasteiger partial charge in [-0.1, -0.05) is 72.3 Å². The van der Waals surface area contributed by atoms with E-state index < -0.39 is 62.4 Å². The van der Waals surface area contributed by atoms with Gasteiger partial charge < -0.3 is 15.0 Å². The van der Waals surface area contributed by atoms with Crippen LogP contribution in [-0.2, 0) is 38.8 Å². The smallest absolute Gasteiger partial charge is 0.417 e. The summed E-state index contributed by atoms with van der Waals surface area (Å²) in [5, 5.41) is 2.29. The molecule has 1 atom stereocenters. The van der Waals surface area contributed by atoms with Gasteiger partial charge in [0.15, 0.2) is 0 Å². The molecule has 0 aliphatic carbocycles. The van der Waals surface area contributed by atoms with Crippen LogP contribution in [0.5, 0.6) is 5.75 Å². The standard InChI is InChI=1S/C36H37ClF3N3O5S/c1-35(2,3)41-34(45)32(21-25-12-7-5-8-13-25)42(23-26-14-11-15-28(20-26)48-4)33(44)24-43(49(46,47)29-16-9-6-10-17-29)27-18-19-31(37)30(22-27)36(38,39)40/h5-20,22,32H,21,23-24H2,1-4H3,(H,41,45)/t32-/m1/s1. The van der Waals surface area contributed by atoms with E-state index in [1.165, 1.54) is 36.3 Å². The molecule has 0 aromatic heterocycles. The predicted octanol–water partition coefficient (Wildman–Crippen LogP) is 7.12. The van der Waals surface area contributed by atoms with Crippen LogP contribution in [0.4, 0.5) is 18.9 Å². The van der Waals surface area contributed by atoms with Gasteiger partial charge >= 0.3 is 6.18 Å². The average molecular weight is 716 g/mol. The van der Waals surface area contributed by atoms with Crippen LogP contribution in [0.3, 0.4) is 0 Å². The van der Waals surface area contributed by atoms with Gasteiger partial charge in [-0.15, -0.1) is 0 Å². The van der Waals surface area contributed by atoms with Gasteiger partial charge in [0.05, 0.1) is 28.3 Å². The third kappa shape index (κ3) is 9.76. The molecule has 0 radical (unpaired) electrons. The molecule has 13 heteroatoms. The summed E-state index contributed by atoms with van der Waals surface area (Å²) >= 11 is 5.88. The Hall–Kier alpha value is -4.55. The molecule has 0 saturated carbocycles. The second kappa shape index (κ2) is 15.3. The molecule has 0 heterocycles. The van der Waals surface area contributed by atoms with Gasteiger partial charge in [0.1, 0.15) is 18.3 Å². The first-order valence-electron chi connectivity index (χ1n) is 15.2. The Bertz CT molecular complexity index is 1870. The van der Waals surface area contributed by atoms with Gasteiger partial charge in [-0.2, -0.15) is 13.2 Å². The Labute approximate surface area is 289 Å². The molecule has 8 nitrogen and oxygen atoms in total. The van der Waals surface area contributed by atoms with E-state index in [1.54, 1.807) is 81.4 Å². The highest BCUT2D eigenvalue weighted by molar-refractivity contribution is 7.92. The minimum absolute atomic E-state index is 0.0586. The molecule has 0 aliphatic rings. The molecular formula is C36H37ClF3N3O5S. The van der Waals surface area contributed by atoms with Gasteiger partial charge in [-0.25, -0.2) is 8.42 Å². The number of benzene rings is 4. The Morgan fingerprint density at radius 3 is 2.06 bits per heavy atom. The van der Waals surface area contributed by atoms with Crippen LogP contribution in [0.2, 0.25) is 5.02 Å². The lowest BCUT2D eigenvalue weighted by atomic mass is 10.0. The summed E-state index contributed by atoms with van der Waals surface area (Å²) in [5.74, 6) is -0.857. The van der Waals surface area contributed by atoms with Crippen molar-refractivity contribution in [1.29, 1.82) is 0 Å². The molecule has 4 aromatic rings. The largest absolute Gasteiger partial charge is 0.497 e. The van der Waals surface area contributed by atoms with Crippen LogP contribution < -0.4 is 14.4 Å². The maximum absolute atomic E-state index is 14.6. The molecule has 0 fully saturated rings. The highest BCUT2D eigenvalue weighted by Gasteiger charge is 2.38. The number of nitrogens with one attached hydrogen (secondary N) is 1. The zero-order chi connectivity index (χ0) is 36.0. The summed E-state index contributed by atoms with van der Waals surface area (Å²) < 4.78 is 76.1. The lowest BCUT2D eigenvalue weighted by molar-refractivity contribution is -0.140. The third-order valence-corrected chi connectivity index (χ3v) is 9.53. The van der Waals surface area contributed by atoms with E-state index in [9.17, 15) is 31.2 Å². The summed E-state index contributed by atoms with van der Waals surface area (Å²) in [6.45, 7) is 4.26. The van der Waals surface area contributed by atoms with Gasteiger partial charge in [0, 0.05) is 18.5 Å². The second-order valence-corrected chi connectivity index (χ2v) is 14.6. The highest BCUT2D eigenvalue weighted by atomic mass is 35.5. The topological polar surface area (TPSA) is 96.0 Å². The van der Waals surface area contributed by atoms with Gasteiger partial charge in [0.25, 0.3) is 10.0 Å². The fraction of sp³-hybridized carbons (Fsp3) is 0.278. The second-order valence-electron chi connectivity index (χ2n) is 12.3.